The van der Waals surface area contributed by atoms with E-state index in [0.29, 0.717) is 19.3 Å². The second-order valence-electron chi connectivity index (χ2n) is 27.3. The fraction of sp³-hybridized carbons (Fsp3) is 0.949. The molecule has 1 rings (SSSR count). The minimum absolute atomic E-state index is 0.0458. The molecule has 0 N–H and O–H groups in total. The van der Waals surface area contributed by atoms with E-state index in [1.54, 1.807) is 0 Å². The van der Waals surface area contributed by atoms with Crippen LogP contribution in [0, 0.1) is 0 Å². The molecule has 0 aliphatic carbocycles. The Labute approximate surface area is 540 Å². The number of rotatable bonds is 69. The van der Waals surface area contributed by atoms with Gasteiger partial charge in [-0.2, -0.15) is 0 Å². The molecule has 0 radical (unpaired) electrons. The average Bonchev–Trinajstić information content (AvgIpc) is 3.23. The molecule has 0 unspecified atom stereocenters. The Balaban J connectivity index is 2.87. The van der Waals surface area contributed by atoms with E-state index >= 15 is 0 Å². The smallest absolute Gasteiger partial charge is 0.306 e. The van der Waals surface area contributed by atoms with Crippen molar-refractivity contribution in [2.75, 3.05) is 13.2 Å². The molecule has 0 amide bonds. The Morgan fingerprint density at radius 3 is 0.690 bits per heavy atom. The minimum Gasteiger partial charge on any atom is -0.463 e. The molecule has 0 aromatic rings. The Bertz CT molecular complexity index is 1470. The van der Waals surface area contributed by atoms with Crippen LogP contribution in [0.4, 0.5) is 0 Å². The fourth-order valence-corrected chi connectivity index (χ4v) is 12.8. The zero-order valence-electron chi connectivity index (χ0n) is 58.7. The third kappa shape index (κ3) is 56.3. The monoisotopic (exact) mass is 1230 g/mol. The average molecular weight is 1230 g/mol. The molecule has 9 heteroatoms. The lowest BCUT2D eigenvalue weighted by Gasteiger charge is -2.40. The molecule has 514 valence electrons. The van der Waals surface area contributed by atoms with Gasteiger partial charge in [-0.25, -0.2) is 0 Å². The third-order valence-electron chi connectivity index (χ3n) is 18.7. The third-order valence-corrected chi connectivity index (χ3v) is 18.7. The first-order valence-corrected chi connectivity index (χ1v) is 39.2. The highest BCUT2D eigenvalue weighted by molar-refractivity contribution is 5.72. The zero-order chi connectivity index (χ0) is 62.8. The summed E-state index contributed by atoms with van der Waals surface area (Å²) in [6, 6.07) is 0. The van der Waals surface area contributed by atoms with Crippen LogP contribution in [0.25, 0.3) is 0 Å². The normalized spacial score (nSPS) is 15.9. The van der Waals surface area contributed by atoms with Gasteiger partial charge >= 0.3 is 23.9 Å². The van der Waals surface area contributed by atoms with Crippen molar-refractivity contribution < 1.29 is 42.9 Å². The maximum absolute atomic E-state index is 13.8. The first-order chi connectivity index (χ1) is 42.9. The molecule has 1 fully saturated rings. The highest BCUT2D eigenvalue weighted by Gasteiger charge is 2.48. The van der Waals surface area contributed by atoms with Gasteiger partial charge in [-0.05, 0) is 25.7 Å². The highest BCUT2D eigenvalue weighted by atomic mass is 16.7. The molecular weight excluding hydrogens is 1080 g/mol. The van der Waals surface area contributed by atoms with E-state index in [1.807, 2.05) is 0 Å². The second kappa shape index (κ2) is 66.8. The van der Waals surface area contributed by atoms with Crippen LogP contribution < -0.4 is 0 Å². The summed E-state index contributed by atoms with van der Waals surface area (Å²) in [5.41, 5.74) is 0. The summed E-state index contributed by atoms with van der Waals surface area (Å²) in [4.78, 5) is 54.5. The van der Waals surface area contributed by atoms with Crippen molar-refractivity contribution in [2.24, 2.45) is 0 Å². The topological polar surface area (TPSA) is 114 Å². The summed E-state index contributed by atoms with van der Waals surface area (Å²) in [7, 11) is 0. The van der Waals surface area contributed by atoms with E-state index in [2.05, 4.69) is 27.7 Å². The van der Waals surface area contributed by atoms with Gasteiger partial charge in [0.1, 0.15) is 12.7 Å². The number of carbonyl (C=O) groups is 4. The number of esters is 4. The number of unbranched alkanes of at least 4 members (excludes halogenated alkanes) is 56. The summed E-state index contributed by atoms with van der Waals surface area (Å²) >= 11 is 0. The van der Waals surface area contributed by atoms with Crippen molar-refractivity contribution in [3.05, 3.63) is 0 Å². The number of hydrogen-bond donors (Lipinski definition) is 0. The van der Waals surface area contributed by atoms with Gasteiger partial charge in [0, 0.05) is 25.7 Å². The van der Waals surface area contributed by atoms with E-state index in [-0.39, 0.29) is 44.4 Å². The summed E-state index contributed by atoms with van der Waals surface area (Å²) in [6.07, 6.45) is 71.7. The first-order valence-electron chi connectivity index (χ1n) is 39.2. The molecule has 0 bridgehead atoms. The van der Waals surface area contributed by atoms with Crippen LogP contribution in [-0.2, 0) is 42.9 Å². The second-order valence-corrected chi connectivity index (χ2v) is 27.3. The van der Waals surface area contributed by atoms with Crippen molar-refractivity contribution in [3.63, 3.8) is 0 Å². The summed E-state index contributed by atoms with van der Waals surface area (Å²) < 4.78 is 30.9. The number of hydrogen-bond acceptors (Lipinski definition) is 9. The SMILES string of the molecule is CCCCCCCCCCCCCCCCCC(=O)OC[C@H]1OC[C@H](OC(=O)CCCCCCCCCCCCCCCCC)[C@@H](OC(=O)CCCCCCCCCCCCCCCCC)[C@@H]1OC(=O)CCCCCCCCCCCCCCCCC. The van der Waals surface area contributed by atoms with E-state index in [1.165, 1.54) is 308 Å². The molecule has 0 saturated carbocycles. The van der Waals surface area contributed by atoms with Crippen LogP contribution in [-0.4, -0.2) is 61.5 Å². The Kier molecular flexibility index (Phi) is 63.6. The van der Waals surface area contributed by atoms with Crippen LogP contribution in [0.5, 0.6) is 0 Å². The van der Waals surface area contributed by atoms with Crippen molar-refractivity contribution in [2.45, 2.75) is 463 Å². The van der Waals surface area contributed by atoms with Crippen LogP contribution in [0.1, 0.15) is 439 Å². The van der Waals surface area contributed by atoms with E-state index in [4.69, 9.17) is 23.7 Å². The Morgan fingerprint density at radius 2 is 0.448 bits per heavy atom. The Hall–Kier alpha value is -2.16. The molecule has 4 atom stereocenters. The van der Waals surface area contributed by atoms with E-state index < -0.39 is 36.4 Å². The zero-order valence-corrected chi connectivity index (χ0v) is 58.7. The highest BCUT2D eigenvalue weighted by Crippen LogP contribution is 2.28. The summed E-state index contributed by atoms with van der Waals surface area (Å²) in [5, 5.41) is 0. The van der Waals surface area contributed by atoms with Crippen LogP contribution in [0.2, 0.25) is 0 Å². The maximum Gasteiger partial charge on any atom is 0.306 e. The molecule has 0 spiro atoms. The molecule has 9 nitrogen and oxygen atoms in total. The van der Waals surface area contributed by atoms with Crippen molar-refractivity contribution in [3.8, 4) is 0 Å². The van der Waals surface area contributed by atoms with Gasteiger partial charge in [0.15, 0.2) is 18.3 Å². The van der Waals surface area contributed by atoms with Gasteiger partial charge in [0.2, 0.25) is 0 Å². The van der Waals surface area contributed by atoms with Gasteiger partial charge in [0.05, 0.1) is 6.61 Å². The van der Waals surface area contributed by atoms with Gasteiger partial charge < -0.3 is 23.7 Å². The van der Waals surface area contributed by atoms with Crippen molar-refractivity contribution >= 4 is 23.9 Å². The van der Waals surface area contributed by atoms with Crippen molar-refractivity contribution in [1.82, 2.24) is 0 Å². The molecular formula is C78H148O9. The lowest BCUT2D eigenvalue weighted by molar-refractivity contribution is -0.233. The van der Waals surface area contributed by atoms with Gasteiger partial charge in [0.25, 0.3) is 0 Å². The molecule has 87 heavy (non-hydrogen) atoms. The minimum atomic E-state index is -1.09. The first kappa shape index (κ1) is 82.9. The number of ether oxygens (including phenoxy) is 5. The summed E-state index contributed by atoms with van der Waals surface area (Å²) in [5.74, 6) is -1.47. The standard InChI is InChI=1S/C78H148O9/c1-5-9-13-17-21-25-29-33-37-41-45-49-53-57-61-65-73(79)84-69-71-77(86-75(81)67-63-59-55-51-47-43-39-35-31-27-23-19-15-11-7-3)78(87-76(82)68-64-60-56-52-48-44-40-36-32-28-24-20-16-12-8-4)72(70-83-71)85-74(80)66-62-58-54-50-46-42-38-34-30-26-22-18-14-10-6-2/h71-72,77-78H,5-70H2,1-4H3/t71-,72+,77-,78-/m1/s1. The molecule has 0 aromatic carbocycles. The fourth-order valence-electron chi connectivity index (χ4n) is 12.8. The lowest BCUT2D eigenvalue weighted by Crippen LogP contribution is -2.59. The van der Waals surface area contributed by atoms with Gasteiger partial charge in [-0.3, -0.25) is 19.2 Å². The van der Waals surface area contributed by atoms with Crippen LogP contribution in [0.15, 0.2) is 0 Å². The van der Waals surface area contributed by atoms with Gasteiger partial charge in [-0.1, -0.05) is 387 Å². The van der Waals surface area contributed by atoms with Crippen LogP contribution >= 0.6 is 0 Å². The van der Waals surface area contributed by atoms with E-state index in [9.17, 15) is 19.2 Å². The maximum atomic E-state index is 13.8. The molecule has 1 saturated heterocycles. The predicted octanol–water partition coefficient (Wildman–Crippen LogP) is 24.7. The molecule has 0 aromatic heterocycles. The lowest BCUT2D eigenvalue weighted by atomic mass is 9.99. The Morgan fingerprint density at radius 1 is 0.253 bits per heavy atom. The molecule has 1 aliphatic rings. The quantitative estimate of drug-likeness (QED) is 0.0334. The van der Waals surface area contributed by atoms with Gasteiger partial charge in [-0.15, -0.1) is 0 Å². The largest absolute Gasteiger partial charge is 0.463 e. The van der Waals surface area contributed by atoms with E-state index in [0.717, 1.165) is 64.2 Å². The van der Waals surface area contributed by atoms with Crippen LogP contribution in [0.3, 0.4) is 0 Å². The molecule has 1 heterocycles. The van der Waals surface area contributed by atoms with Crippen molar-refractivity contribution in [1.29, 1.82) is 0 Å². The number of carbonyl (C=O) groups excluding carboxylic acids is 4. The summed E-state index contributed by atoms with van der Waals surface area (Å²) in [6.45, 7) is 8.92. The molecule has 1 aliphatic heterocycles. The predicted molar refractivity (Wildman–Crippen MR) is 369 cm³/mol.